The van der Waals surface area contributed by atoms with E-state index in [1.165, 1.54) is 0 Å². The van der Waals surface area contributed by atoms with Crippen molar-refractivity contribution >= 4 is 12.1 Å². The Morgan fingerprint density at radius 2 is 1.93 bits per heavy atom. The average molecular weight is 203 g/mol. The van der Waals surface area contributed by atoms with Crippen LogP contribution in [-0.4, -0.2) is 31.3 Å². The molecule has 0 aliphatic rings. The van der Waals surface area contributed by atoms with Crippen LogP contribution in [0.3, 0.4) is 0 Å². The van der Waals surface area contributed by atoms with Crippen LogP contribution in [-0.2, 0) is 14.3 Å². The summed E-state index contributed by atoms with van der Waals surface area (Å²) in [4.78, 5) is 22.0. The maximum atomic E-state index is 11.1. The maximum absolute atomic E-state index is 11.1. The number of nitrogens with one attached hydrogen (secondary N) is 1. The Kier molecular flexibility index (Phi) is 6.53. The van der Waals surface area contributed by atoms with Gasteiger partial charge in [-0.25, -0.2) is 9.59 Å². The third-order valence-electron chi connectivity index (χ3n) is 1.41. The van der Waals surface area contributed by atoms with Gasteiger partial charge in [-0.15, -0.1) is 0 Å². The minimum atomic E-state index is -0.666. The molecule has 1 amide bonds. The summed E-state index contributed by atoms with van der Waals surface area (Å²) in [5.74, 6) is -0.445. The fraction of sp³-hybridized carbons (Fsp3) is 0.778. The van der Waals surface area contributed by atoms with E-state index < -0.39 is 18.1 Å². The molecule has 0 aliphatic heterocycles. The van der Waals surface area contributed by atoms with E-state index >= 15 is 0 Å². The van der Waals surface area contributed by atoms with Crippen molar-refractivity contribution in [3.05, 3.63) is 0 Å². The molecule has 0 heterocycles. The summed E-state index contributed by atoms with van der Waals surface area (Å²) in [6.45, 7) is 5.79. The Labute approximate surface area is 83.8 Å². The van der Waals surface area contributed by atoms with Gasteiger partial charge in [0.2, 0.25) is 0 Å². The molecule has 1 atom stereocenters. The first kappa shape index (κ1) is 12.7. The van der Waals surface area contributed by atoms with Crippen LogP contribution in [0.25, 0.3) is 0 Å². The molecule has 82 valence electrons. The third-order valence-corrected chi connectivity index (χ3v) is 1.41. The molecule has 0 unspecified atom stereocenters. The van der Waals surface area contributed by atoms with Crippen molar-refractivity contribution in [3.63, 3.8) is 0 Å². The molecule has 0 radical (unpaired) electrons. The van der Waals surface area contributed by atoms with Crippen molar-refractivity contribution in [2.45, 2.75) is 33.2 Å². The van der Waals surface area contributed by atoms with Crippen LogP contribution in [0.4, 0.5) is 4.79 Å². The molecule has 0 fully saturated rings. The summed E-state index contributed by atoms with van der Waals surface area (Å²) in [5, 5.41) is 2.35. The molecule has 14 heavy (non-hydrogen) atoms. The predicted molar refractivity (Wildman–Crippen MR) is 50.9 cm³/mol. The van der Waals surface area contributed by atoms with Gasteiger partial charge in [0.1, 0.15) is 6.04 Å². The minimum Gasteiger partial charge on any atom is -0.464 e. The van der Waals surface area contributed by atoms with Gasteiger partial charge in [0.05, 0.1) is 13.2 Å². The number of alkyl carbamates (subject to hydrolysis) is 1. The van der Waals surface area contributed by atoms with E-state index in [2.05, 4.69) is 10.1 Å². The lowest BCUT2D eigenvalue weighted by molar-refractivity contribution is -0.145. The Morgan fingerprint density at radius 1 is 1.29 bits per heavy atom. The summed E-state index contributed by atoms with van der Waals surface area (Å²) in [5.41, 5.74) is 0. The summed E-state index contributed by atoms with van der Waals surface area (Å²) in [7, 11) is 0. The molecule has 1 N–H and O–H groups in total. The lowest BCUT2D eigenvalue weighted by atomic mass is 10.3. The van der Waals surface area contributed by atoms with Gasteiger partial charge < -0.3 is 14.8 Å². The van der Waals surface area contributed by atoms with Gasteiger partial charge >= 0.3 is 12.1 Å². The van der Waals surface area contributed by atoms with Crippen molar-refractivity contribution in [2.24, 2.45) is 0 Å². The highest BCUT2D eigenvalue weighted by Gasteiger charge is 2.16. The normalized spacial score (nSPS) is 11.6. The summed E-state index contributed by atoms with van der Waals surface area (Å²) < 4.78 is 9.43. The number of carbonyl (C=O) groups is 2. The fourth-order valence-electron chi connectivity index (χ4n) is 0.736. The molecule has 0 bridgehead atoms. The van der Waals surface area contributed by atoms with Gasteiger partial charge in [-0.3, -0.25) is 0 Å². The first-order valence-corrected chi connectivity index (χ1v) is 4.71. The van der Waals surface area contributed by atoms with Crippen molar-refractivity contribution in [1.29, 1.82) is 0 Å². The standard InChI is InChI=1S/C9H17NO4/c1-4-6-14-8(11)7(3)10-9(12)13-5-2/h7H,4-6H2,1-3H3,(H,10,12)/t7-/m0/s1. The molecule has 0 saturated carbocycles. The number of ether oxygens (including phenoxy) is 2. The van der Waals surface area contributed by atoms with Crippen molar-refractivity contribution in [2.75, 3.05) is 13.2 Å². The van der Waals surface area contributed by atoms with Crippen LogP contribution < -0.4 is 5.32 Å². The topological polar surface area (TPSA) is 64.6 Å². The van der Waals surface area contributed by atoms with Gasteiger partial charge in [0.15, 0.2) is 0 Å². The van der Waals surface area contributed by atoms with Crippen molar-refractivity contribution in [3.8, 4) is 0 Å². The van der Waals surface area contributed by atoms with Crippen LogP contribution in [0.5, 0.6) is 0 Å². The highest BCUT2D eigenvalue weighted by molar-refractivity contribution is 5.80. The number of hydrogen-bond donors (Lipinski definition) is 1. The van der Waals surface area contributed by atoms with E-state index in [9.17, 15) is 9.59 Å². The number of hydrogen-bond acceptors (Lipinski definition) is 4. The predicted octanol–water partition coefficient (Wildman–Crippen LogP) is 1.07. The summed E-state index contributed by atoms with van der Waals surface area (Å²) in [6, 6.07) is -0.666. The first-order valence-electron chi connectivity index (χ1n) is 4.71. The van der Waals surface area contributed by atoms with E-state index in [1.54, 1.807) is 13.8 Å². The second-order valence-corrected chi connectivity index (χ2v) is 2.75. The van der Waals surface area contributed by atoms with Gasteiger partial charge in [-0.05, 0) is 20.3 Å². The third kappa shape index (κ3) is 5.40. The van der Waals surface area contributed by atoms with Crippen LogP contribution >= 0.6 is 0 Å². The number of rotatable bonds is 5. The largest absolute Gasteiger partial charge is 0.464 e. The Bertz CT molecular complexity index is 193. The smallest absolute Gasteiger partial charge is 0.407 e. The van der Waals surface area contributed by atoms with Crippen LogP contribution in [0.1, 0.15) is 27.2 Å². The lowest BCUT2D eigenvalue weighted by Gasteiger charge is -2.12. The van der Waals surface area contributed by atoms with Gasteiger partial charge in [0, 0.05) is 0 Å². The molecule has 0 spiro atoms. The average Bonchev–Trinajstić information content (AvgIpc) is 2.14. The minimum absolute atomic E-state index is 0.280. The molecular weight excluding hydrogens is 186 g/mol. The fourth-order valence-corrected chi connectivity index (χ4v) is 0.736. The van der Waals surface area contributed by atoms with E-state index in [-0.39, 0.29) is 6.61 Å². The zero-order valence-corrected chi connectivity index (χ0v) is 8.83. The number of amides is 1. The van der Waals surface area contributed by atoms with Crippen molar-refractivity contribution in [1.82, 2.24) is 5.32 Å². The molecule has 0 aliphatic carbocycles. The SMILES string of the molecule is CCCOC(=O)[C@H](C)NC(=O)OCC. The number of esters is 1. The molecule has 0 saturated heterocycles. The summed E-state index contributed by atoms with van der Waals surface area (Å²) in [6.07, 6.45) is 0.158. The number of carbonyl (C=O) groups excluding carboxylic acids is 2. The highest BCUT2D eigenvalue weighted by Crippen LogP contribution is 1.91. The summed E-state index contributed by atoms with van der Waals surface area (Å²) >= 11 is 0. The second-order valence-electron chi connectivity index (χ2n) is 2.75. The Morgan fingerprint density at radius 3 is 2.43 bits per heavy atom. The zero-order valence-electron chi connectivity index (χ0n) is 8.83. The Hall–Kier alpha value is -1.26. The van der Waals surface area contributed by atoms with E-state index in [0.717, 1.165) is 6.42 Å². The Balaban J connectivity index is 3.76. The van der Waals surface area contributed by atoms with Crippen molar-refractivity contribution < 1.29 is 19.1 Å². The molecule has 5 nitrogen and oxygen atoms in total. The zero-order chi connectivity index (χ0) is 11.0. The monoisotopic (exact) mass is 203 g/mol. The first-order chi connectivity index (χ1) is 6.61. The van der Waals surface area contributed by atoms with Crippen LogP contribution in [0.2, 0.25) is 0 Å². The second kappa shape index (κ2) is 7.17. The van der Waals surface area contributed by atoms with Crippen LogP contribution in [0.15, 0.2) is 0 Å². The maximum Gasteiger partial charge on any atom is 0.407 e. The molecule has 5 heteroatoms. The van der Waals surface area contributed by atoms with E-state index in [0.29, 0.717) is 6.61 Å². The molecule has 0 aromatic heterocycles. The molecular formula is C9H17NO4. The van der Waals surface area contributed by atoms with Gasteiger partial charge in [0.25, 0.3) is 0 Å². The molecule has 0 aromatic rings. The van der Waals surface area contributed by atoms with E-state index in [1.807, 2.05) is 6.92 Å². The van der Waals surface area contributed by atoms with Crippen LogP contribution in [0, 0.1) is 0 Å². The van der Waals surface area contributed by atoms with Gasteiger partial charge in [-0.1, -0.05) is 6.92 Å². The highest BCUT2D eigenvalue weighted by atomic mass is 16.6. The lowest BCUT2D eigenvalue weighted by Crippen LogP contribution is -2.39. The van der Waals surface area contributed by atoms with E-state index in [4.69, 9.17) is 4.74 Å². The molecule has 0 rings (SSSR count). The van der Waals surface area contributed by atoms with Gasteiger partial charge in [-0.2, -0.15) is 0 Å². The molecule has 0 aromatic carbocycles. The quantitative estimate of drug-likeness (QED) is 0.679.